The summed E-state index contributed by atoms with van der Waals surface area (Å²) in [5.41, 5.74) is 0.353. The van der Waals surface area contributed by atoms with Crippen LogP contribution in [0.1, 0.15) is 36.0 Å². The minimum Gasteiger partial charge on any atom is -0.505 e. The number of carbonyl (C=O) groups is 1. The smallest absolute Gasteiger partial charge is 0.257 e. The molecule has 1 atom stereocenters. The number of aromatic hydroxyl groups is 1. The predicted molar refractivity (Wildman–Crippen MR) is 73.0 cm³/mol. The third kappa shape index (κ3) is 2.83. The molecule has 4 nitrogen and oxygen atoms in total. The van der Waals surface area contributed by atoms with E-state index in [0.29, 0.717) is 5.56 Å². The summed E-state index contributed by atoms with van der Waals surface area (Å²) in [6.07, 6.45) is 7.06. The minimum atomic E-state index is -0.0828. The number of likely N-dealkylation sites (tertiary alicyclic amines) is 1. The van der Waals surface area contributed by atoms with Crippen molar-refractivity contribution in [2.45, 2.75) is 31.7 Å². The molecule has 18 heavy (non-hydrogen) atoms. The van der Waals surface area contributed by atoms with Gasteiger partial charge in [-0.15, -0.1) is 0 Å². The molecule has 0 saturated carbocycles. The van der Waals surface area contributed by atoms with Crippen LogP contribution in [0, 0.1) is 0 Å². The quantitative estimate of drug-likeness (QED) is 0.873. The number of rotatable bonds is 3. The van der Waals surface area contributed by atoms with Crippen molar-refractivity contribution in [3.8, 4) is 5.75 Å². The fourth-order valence-electron chi connectivity index (χ4n) is 2.42. The van der Waals surface area contributed by atoms with E-state index < -0.39 is 0 Å². The highest BCUT2D eigenvalue weighted by Gasteiger charge is 2.28. The van der Waals surface area contributed by atoms with Crippen LogP contribution in [0.25, 0.3) is 0 Å². The molecule has 0 radical (unpaired) electrons. The van der Waals surface area contributed by atoms with Crippen LogP contribution in [-0.2, 0) is 0 Å². The van der Waals surface area contributed by atoms with Gasteiger partial charge in [0.25, 0.3) is 5.91 Å². The van der Waals surface area contributed by atoms with Gasteiger partial charge in [0.2, 0.25) is 0 Å². The average Bonchev–Trinajstić information content (AvgIpc) is 2.40. The number of pyridine rings is 1. The maximum absolute atomic E-state index is 12.4. The minimum absolute atomic E-state index is 0.0364. The first kappa shape index (κ1) is 13.3. The SMILES string of the molecule is O=C(c1ccncc1O)N1CCCCC1CCBr. The molecule has 1 fully saturated rings. The highest BCUT2D eigenvalue weighted by molar-refractivity contribution is 9.09. The topological polar surface area (TPSA) is 53.4 Å². The summed E-state index contributed by atoms with van der Waals surface area (Å²) in [7, 11) is 0. The molecule has 1 unspecified atom stereocenters. The van der Waals surface area contributed by atoms with Gasteiger partial charge in [0.05, 0.1) is 11.8 Å². The first-order valence-electron chi connectivity index (χ1n) is 6.24. The molecule has 1 amide bonds. The lowest BCUT2D eigenvalue weighted by Crippen LogP contribution is -2.43. The zero-order valence-electron chi connectivity index (χ0n) is 10.2. The standard InChI is InChI=1S/C13H17BrN2O2/c14-6-4-10-3-1-2-8-16(10)13(18)11-5-7-15-9-12(11)17/h5,7,9-10,17H,1-4,6,8H2. The number of halogens is 1. The second-order valence-electron chi connectivity index (χ2n) is 4.52. The van der Waals surface area contributed by atoms with Gasteiger partial charge in [-0.05, 0) is 31.7 Å². The fraction of sp³-hybridized carbons (Fsp3) is 0.538. The van der Waals surface area contributed by atoms with E-state index in [1.807, 2.05) is 4.90 Å². The number of nitrogens with zero attached hydrogens (tertiary/aromatic N) is 2. The van der Waals surface area contributed by atoms with Crippen molar-refractivity contribution in [2.75, 3.05) is 11.9 Å². The van der Waals surface area contributed by atoms with Crippen molar-refractivity contribution in [3.05, 3.63) is 24.0 Å². The molecule has 98 valence electrons. The molecule has 1 aromatic rings. The predicted octanol–water partition coefficient (Wildman–Crippen LogP) is 2.57. The molecule has 0 spiro atoms. The maximum Gasteiger partial charge on any atom is 0.257 e. The van der Waals surface area contributed by atoms with E-state index in [-0.39, 0.29) is 17.7 Å². The van der Waals surface area contributed by atoms with Gasteiger partial charge in [0.15, 0.2) is 0 Å². The summed E-state index contributed by atoms with van der Waals surface area (Å²) in [6, 6.07) is 1.86. The molecule has 1 aromatic heterocycles. The van der Waals surface area contributed by atoms with Gasteiger partial charge >= 0.3 is 0 Å². The van der Waals surface area contributed by atoms with Crippen LogP contribution in [-0.4, -0.2) is 38.8 Å². The number of piperidine rings is 1. The van der Waals surface area contributed by atoms with E-state index >= 15 is 0 Å². The zero-order valence-corrected chi connectivity index (χ0v) is 11.8. The van der Waals surface area contributed by atoms with Crippen molar-refractivity contribution in [3.63, 3.8) is 0 Å². The molecule has 0 bridgehead atoms. The van der Waals surface area contributed by atoms with Gasteiger partial charge < -0.3 is 10.0 Å². The summed E-state index contributed by atoms with van der Waals surface area (Å²) >= 11 is 3.43. The molecule has 0 aliphatic carbocycles. The lowest BCUT2D eigenvalue weighted by Gasteiger charge is -2.35. The van der Waals surface area contributed by atoms with Crippen molar-refractivity contribution >= 4 is 21.8 Å². The van der Waals surface area contributed by atoms with Crippen LogP contribution in [0.3, 0.4) is 0 Å². The Hall–Kier alpha value is -1.10. The summed E-state index contributed by atoms with van der Waals surface area (Å²) in [6.45, 7) is 0.776. The van der Waals surface area contributed by atoms with Crippen molar-refractivity contribution < 1.29 is 9.90 Å². The molecule has 0 aromatic carbocycles. The van der Waals surface area contributed by atoms with E-state index in [0.717, 1.165) is 31.1 Å². The van der Waals surface area contributed by atoms with Crippen molar-refractivity contribution in [1.82, 2.24) is 9.88 Å². The molecule has 2 rings (SSSR count). The maximum atomic E-state index is 12.4. The van der Waals surface area contributed by atoms with Gasteiger partial charge in [-0.1, -0.05) is 15.9 Å². The number of amides is 1. The summed E-state index contributed by atoms with van der Waals surface area (Å²) in [5, 5.41) is 10.6. The molecule has 2 heterocycles. The average molecular weight is 313 g/mol. The van der Waals surface area contributed by atoms with Crippen molar-refractivity contribution in [2.24, 2.45) is 0 Å². The first-order valence-corrected chi connectivity index (χ1v) is 7.36. The third-order valence-electron chi connectivity index (χ3n) is 3.36. The molecular formula is C13H17BrN2O2. The van der Waals surface area contributed by atoms with Gasteiger partial charge in [-0.3, -0.25) is 9.78 Å². The summed E-state index contributed by atoms with van der Waals surface area (Å²) in [4.78, 5) is 18.1. The number of hydrogen-bond donors (Lipinski definition) is 1. The number of hydrogen-bond acceptors (Lipinski definition) is 3. The Bertz CT molecular complexity index is 423. The van der Waals surface area contributed by atoms with Gasteiger partial charge in [-0.2, -0.15) is 0 Å². The fourth-order valence-corrected chi connectivity index (χ4v) is 2.94. The van der Waals surface area contributed by atoms with E-state index in [1.54, 1.807) is 6.07 Å². The van der Waals surface area contributed by atoms with E-state index in [2.05, 4.69) is 20.9 Å². The van der Waals surface area contributed by atoms with Gasteiger partial charge in [0, 0.05) is 24.1 Å². The van der Waals surface area contributed by atoms with Crippen LogP contribution >= 0.6 is 15.9 Å². The Kier molecular flexibility index (Phi) is 4.58. The van der Waals surface area contributed by atoms with Crippen LogP contribution < -0.4 is 0 Å². The van der Waals surface area contributed by atoms with Crippen LogP contribution in [0.5, 0.6) is 5.75 Å². The van der Waals surface area contributed by atoms with E-state index in [9.17, 15) is 9.90 Å². The lowest BCUT2D eigenvalue weighted by atomic mass is 9.99. The summed E-state index contributed by atoms with van der Waals surface area (Å²) in [5.74, 6) is -0.119. The summed E-state index contributed by atoms with van der Waals surface area (Å²) < 4.78 is 0. The Morgan fingerprint density at radius 1 is 1.56 bits per heavy atom. The molecule has 1 saturated heterocycles. The second-order valence-corrected chi connectivity index (χ2v) is 5.31. The van der Waals surface area contributed by atoms with Crippen LogP contribution in [0.4, 0.5) is 0 Å². The Balaban J connectivity index is 2.18. The van der Waals surface area contributed by atoms with Crippen LogP contribution in [0.15, 0.2) is 18.5 Å². The van der Waals surface area contributed by atoms with Crippen molar-refractivity contribution in [1.29, 1.82) is 0 Å². The third-order valence-corrected chi connectivity index (χ3v) is 3.82. The lowest BCUT2D eigenvalue weighted by molar-refractivity contribution is 0.0607. The van der Waals surface area contributed by atoms with E-state index in [4.69, 9.17) is 0 Å². The normalized spacial score (nSPS) is 19.8. The molecular weight excluding hydrogens is 296 g/mol. The van der Waals surface area contributed by atoms with Gasteiger partial charge in [-0.25, -0.2) is 0 Å². The Morgan fingerprint density at radius 2 is 2.39 bits per heavy atom. The Labute approximate surface area is 115 Å². The Morgan fingerprint density at radius 3 is 3.11 bits per heavy atom. The second kappa shape index (κ2) is 6.18. The number of carbonyl (C=O) groups excluding carboxylic acids is 1. The first-order chi connectivity index (χ1) is 8.74. The van der Waals surface area contributed by atoms with Gasteiger partial charge in [0.1, 0.15) is 5.75 Å². The molecule has 5 heteroatoms. The van der Waals surface area contributed by atoms with E-state index in [1.165, 1.54) is 18.8 Å². The number of alkyl halides is 1. The highest BCUT2D eigenvalue weighted by atomic mass is 79.9. The molecule has 1 N–H and O–H groups in total. The largest absolute Gasteiger partial charge is 0.505 e. The van der Waals surface area contributed by atoms with Crippen LogP contribution in [0.2, 0.25) is 0 Å². The zero-order chi connectivity index (χ0) is 13.0. The monoisotopic (exact) mass is 312 g/mol. The highest BCUT2D eigenvalue weighted by Crippen LogP contribution is 2.25. The number of aromatic nitrogens is 1. The molecule has 1 aliphatic heterocycles. The molecule has 1 aliphatic rings.